The van der Waals surface area contributed by atoms with Crippen LogP contribution in [0.25, 0.3) is 11.5 Å². The van der Waals surface area contributed by atoms with Crippen LogP contribution in [0.1, 0.15) is 10.5 Å². The number of nitrogens with zero attached hydrogens (tertiary/aromatic N) is 2. The molecule has 0 aliphatic carbocycles. The van der Waals surface area contributed by atoms with E-state index in [1.165, 1.54) is 19.4 Å². The number of oxazole rings is 1. The lowest BCUT2D eigenvalue weighted by atomic mass is 10.2. The number of nitrogens with one attached hydrogen (secondary N) is 1. The maximum absolute atomic E-state index is 11.3. The van der Waals surface area contributed by atoms with Gasteiger partial charge in [-0.2, -0.15) is 0 Å². The number of hydrogen-bond donors (Lipinski definition) is 1. The zero-order chi connectivity index (χ0) is 14.8. The van der Waals surface area contributed by atoms with Crippen LogP contribution in [-0.4, -0.2) is 37.7 Å². The lowest BCUT2D eigenvalue weighted by molar-refractivity contribution is 0.0594. The highest BCUT2D eigenvalue weighted by molar-refractivity contribution is 7.92. The van der Waals surface area contributed by atoms with Crippen molar-refractivity contribution in [2.75, 3.05) is 18.1 Å². The third kappa shape index (κ3) is 3.32. The molecule has 0 saturated carbocycles. The molecule has 2 heterocycles. The van der Waals surface area contributed by atoms with Crippen LogP contribution in [0.4, 0.5) is 5.82 Å². The van der Waals surface area contributed by atoms with Gasteiger partial charge in [0.1, 0.15) is 12.1 Å². The molecule has 0 aliphatic heterocycles. The van der Waals surface area contributed by atoms with Gasteiger partial charge >= 0.3 is 5.97 Å². The minimum Gasteiger partial charge on any atom is -0.464 e. The number of aromatic nitrogens is 2. The van der Waals surface area contributed by atoms with E-state index in [9.17, 15) is 13.2 Å². The summed E-state index contributed by atoms with van der Waals surface area (Å²) in [6.07, 6.45) is 3.57. The van der Waals surface area contributed by atoms with Crippen LogP contribution >= 0.6 is 0 Å². The Morgan fingerprint density at radius 2 is 2.20 bits per heavy atom. The summed E-state index contributed by atoms with van der Waals surface area (Å²) in [5.41, 5.74) is 0.498. The molecular formula is C11H11N3O5S. The Morgan fingerprint density at radius 3 is 2.85 bits per heavy atom. The third-order valence-electron chi connectivity index (χ3n) is 2.20. The molecule has 0 aromatic carbocycles. The molecule has 0 unspecified atom stereocenters. The molecule has 2 aromatic rings. The number of ether oxygens (including phenoxy) is 1. The lowest BCUT2D eigenvalue weighted by Gasteiger charge is -2.03. The molecule has 2 aromatic heterocycles. The van der Waals surface area contributed by atoms with Crippen molar-refractivity contribution in [3.05, 3.63) is 30.3 Å². The molecule has 20 heavy (non-hydrogen) atoms. The number of methoxy groups -OCH3 is 1. The lowest BCUT2D eigenvalue weighted by Crippen LogP contribution is -2.10. The van der Waals surface area contributed by atoms with E-state index in [2.05, 4.69) is 19.4 Å². The van der Waals surface area contributed by atoms with Crippen LogP contribution < -0.4 is 4.72 Å². The van der Waals surface area contributed by atoms with Crippen molar-refractivity contribution < 1.29 is 22.4 Å². The topological polar surface area (TPSA) is 111 Å². The Balaban J connectivity index is 2.31. The summed E-state index contributed by atoms with van der Waals surface area (Å²) in [7, 11) is -2.19. The van der Waals surface area contributed by atoms with Gasteiger partial charge in [0.25, 0.3) is 0 Å². The van der Waals surface area contributed by atoms with E-state index in [-0.39, 0.29) is 17.4 Å². The molecule has 0 bridgehead atoms. The molecule has 9 heteroatoms. The number of esters is 1. The number of rotatable bonds is 4. The Bertz CT molecular complexity index is 738. The van der Waals surface area contributed by atoms with Gasteiger partial charge in [-0.25, -0.2) is 23.2 Å². The van der Waals surface area contributed by atoms with Crippen LogP contribution in [0.2, 0.25) is 0 Å². The second kappa shape index (κ2) is 5.29. The van der Waals surface area contributed by atoms with E-state index in [0.29, 0.717) is 5.56 Å². The second-order valence-corrected chi connectivity index (χ2v) is 5.58. The molecule has 106 valence electrons. The highest BCUT2D eigenvalue weighted by Crippen LogP contribution is 2.21. The van der Waals surface area contributed by atoms with E-state index >= 15 is 0 Å². The summed E-state index contributed by atoms with van der Waals surface area (Å²) >= 11 is 0. The third-order valence-corrected chi connectivity index (χ3v) is 2.78. The number of sulfonamides is 1. The summed E-state index contributed by atoms with van der Waals surface area (Å²) in [6.45, 7) is 0. The predicted octanol–water partition coefficient (Wildman–Crippen LogP) is 0.895. The van der Waals surface area contributed by atoms with Gasteiger partial charge in [-0.1, -0.05) is 0 Å². The smallest absolute Gasteiger partial charge is 0.360 e. The quantitative estimate of drug-likeness (QED) is 0.834. The number of hydrogen-bond acceptors (Lipinski definition) is 7. The van der Waals surface area contributed by atoms with Crippen molar-refractivity contribution in [3.8, 4) is 11.5 Å². The first-order valence-electron chi connectivity index (χ1n) is 5.37. The van der Waals surface area contributed by atoms with Gasteiger partial charge in [-0.3, -0.25) is 4.72 Å². The zero-order valence-electron chi connectivity index (χ0n) is 10.7. The van der Waals surface area contributed by atoms with Crippen LogP contribution in [0.3, 0.4) is 0 Å². The maximum Gasteiger partial charge on any atom is 0.360 e. The molecule has 0 fully saturated rings. The van der Waals surface area contributed by atoms with Crippen molar-refractivity contribution >= 4 is 21.8 Å². The van der Waals surface area contributed by atoms with Crippen LogP contribution in [-0.2, 0) is 14.8 Å². The van der Waals surface area contributed by atoms with Gasteiger partial charge in [0.2, 0.25) is 15.9 Å². The largest absolute Gasteiger partial charge is 0.464 e. The Kier molecular flexibility index (Phi) is 3.70. The summed E-state index contributed by atoms with van der Waals surface area (Å²) < 4.78 is 34.1. The minimum atomic E-state index is -3.43. The fourth-order valence-corrected chi connectivity index (χ4v) is 1.91. The fraction of sp³-hybridized carbons (Fsp3) is 0.182. The Labute approximate surface area is 114 Å². The van der Waals surface area contributed by atoms with Gasteiger partial charge < -0.3 is 9.15 Å². The van der Waals surface area contributed by atoms with Crippen LogP contribution in [0.5, 0.6) is 0 Å². The van der Waals surface area contributed by atoms with Crippen LogP contribution in [0, 0.1) is 0 Å². The van der Waals surface area contributed by atoms with E-state index in [0.717, 1.165) is 12.5 Å². The van der Waals surface area contributed by atoms with Gasteiger partial charge in [0.15, 0.2) is 5.69 Å². The number of carbonyl (C=O) groups is 1. The predicted molar refractivity (Wildman–Crippen MR) is 69.5 cm³/mol. The summed E-state index contributed by atoms with van der Waals surface area (Å²) in [5, 5.41) is 0. The highest BCUT2D eigenvalue weighted by Gasteiger charge is 2.14. The normalized spacial score (nSPS) is 11.1. The van der Waals surface area contributed by atoms with Gasteiger partial charge in [0, 0.05) is 11.8 Å². The Morgan fingerprint density at radius 1 is 1.45 bits per heavy atom. The standard InChI is InChI=1S/C11H11N3O5S/c1-18-11(15)8-6-19-10(13-8)7-3-4-12-9(5-7)14-20(2,16)17/h3-6H,1-2H3,(H,12,14). The van der Waals surface area contributed by atoms with E-state index in [1.807, 2.05) is 0 Å². The van der Waals surface area contributed by atoms with Gasteiger partial charge in [-0.15, -0.1) is 0 Å². The van der Waals surface area contributed by atoms with E-state index in [1.54, 1.807) is 6.07 Å². The summed E-state index contributed by atoms with van der Waals surface area (Å²) in [5.74, 6) is -0.337. The molecule has 8 nitrogen and oxygen atoms in total. The van der Waals surface area contributed by atoms with Crippen molar-refractivity contribution in [1.82, 2.24) is 9.97 Å². The first-order chi connectivity index (χ1) is 9.39. The molecule has 0 aliphatic rings. The number of anilines is 1. The van der Waals surface area contributed by atoms with E-state index in [4.69, 9.17) is 4.42 Å². The Hall–Kier alpha value is -2.42. The highest BCUT2D eigenvalue weighted by atomic mass is 32.2. The molecule has 2 rings (SSSR count). The van der Waals surface area contributed by atoms with Crippen molar-refractivity contribution in [2.45, 2.75) is 0 Å². The SMILES string of the molecule is COC(=O)c1coc(-c2ccnc(NS(C)(=O)=O)c2)n1. The zero-order valence-corrected chi connectivity index (χ0v) is 11.5. The molecular weight excluding hydrogens is 286 g/mol. The van der Waals surface area contributed by atoms with Gasteiger partial charge in [-0.05, 0) is 12.1 Å². The van der Waals surface area contributed by atoms with Crippen molar-refractivity contribution in [2.24, 2.45) is 0 Å². The molecule has 0 amide bonds. The molecule has 1 N–H and O–H groups in total. The molecule has 0 radical (unpaired) electrons. The molecule has 0 saturated heterocycles. The molecule has 0 spiro atoms. The summed E-state index contributed by atoms with van der Waals surface area (Å²) in [6, 6.07) is 3.01. The first-order valence-corrected chi connectivity index (χ1v) is 7.26. The van der Waals surface area contributed by atoms with E-state index < -0.39 is 16.0 Å². The monoisotopic (exact) mass is 297 g/mol. The minimum absolute atomic E-state index is 0.0249. The number of carbonyl (C=O) groups excluding carboxylic acids is 1. The average molecular weight is 297 g/mol. The average Bonchev–Trinajstić information content (AvgIpc) is 2.85. The number of pyridine rings is 1. The second-order valence-electron chi connectivity index (χ2n) is 3.83. The van der Waals surface area contributed by atoms with Gasteiger partial charge in [0.05, 0.1) is 13.4 Å². The first kappa shape index (κ1) is 14.0. The van der Waals surface area contributed by atoms with Crippen molar-refractivity contribution in [3.63, 3.8) is 0 Å². The van der Waals surface area contributed by atoms with Crippen LogP contribution in [0.15, 0.2) is 29.0 Å². The maximum atomic E-state index is 11.3. The summed E-state index contributed by atoms with van der Waals surface area (Å²) in [4.78, 5) is 19.1. The molecule has 0 atom stereocenters. The fourth-order valence-electron chi connectivity index (χ4n) is 1.41. The van der Waals surface area contributed by atoms with Crippen molar-refractivity contribution in [1.29, 1.82) is 0 Å².